The van der Waals surface area contributed by atoms with Gasteiger partial charge in [-0.15, -0.1) is 0 Å². The van der Waals surface area contributed by atoms with Crippen molar-refractivity contribution in [1.82, 2.24) is 15.3 Å². The van der Waals surface area contributed by atoms with Crippen molar-refractivity contribution in [3.05, 3.63) is 58.7 Å². The van der Waals surface area contributed by atoms with Crippen molar-refractivity contribution >= 4 is 17.4 Å². The van der Waals surface area contributed by atoms with Gasteiger partial charge in [0.25, 0.3) is 0 Å². The molecule has 0 aliphatic heterocycles. The van der Waals surface area contributed by atoms with E-state index < -0.39 is 11.6 Å². The van der Waals surface area contributed by atoms with Crippen LogP contribution in [0.4, 0.5) is 4.79 Å². The predicted octanol–water partition coefficient (Wildman–Crippen LogP) is 3.57. The van der Waals surface area contributed by atoms with Gasteiger partial charge in [-0.3, -0.25) is 4.79 Å². The summed E-state index contributed by atoms with van der Waals surface area (Å²) < 4.78 is 0. The van der Waals surface area contributed by atoms with Gasteiger partial charge in [0, 0.05) is 6.42 Å². The number of allylic oxidation sites excluding steroid dienone is 2. The molecule has 0 saturated carbocycles. The maximum Gasteiger partial charge on any atom is 0.312 e. The van der Waals surface area contributed by atoms with Gasteiger partial charge in [-0.1, -0.05) is 18.2 Å². The van der Waals surface area contributed by atoms with E-state index in [0.29, 0.717) is 0 Å². The number of nitriles is 1. The van der Waals surface area contributed by atoms with Crippen molar-refractivity contribution in [1.29, 1.82) is 5.26 Å². The van der Waals surface area contributed by atoms with Crippen LogP contribution >= 0.6 is 0 Å². The van der Waals surface area contributed by atoms with E-state index in [2.05, 4.69) is 21.4 Å². The lowest BCUT2D eigenvalue weighted by Crippen LogP contribution is -2.44. The number of rotatable bonds is 6. The summed E-state index contributed by atoms with van der Waals surface area (Å²) in [5.41, 5.74) is 9.00. The fourth-order valence-corrected chi connectivity index (χ4v) is 3.66. The van der Waals surface area contributed by atoms with Crippen LogP contribution < -0.4 is 11.1 Å². The van der Waals surface area contributed by atoms with Crippen LogP contribution in [0, 0.1) is 11.3 Å². The maximum atomic E-state index is 12.7. The normalized spacial score (nSPS) is 14.0. The van der Waals surface area contributed by atoms with Crippen LogP contribution in [0.15, 0.2) is 30.5 Å². The number of hydrogen-bond donors (Lipinski definition) is 3. The fraction of sp³-hybridized carbons (Fsp3) is 0.364. The summed E-state index contributed by atoms with van der Waals surface area (Å²) in [4.78, 5) is 30.9. The average molecular weight is 391 g/mol. The SMILES string of the molecule is CC(C)(NC(N)=O)c1ccc(CC(=O)c2ncc(C#N)[nH]2)c(C2=CCCCC2)c1. The summed E-state index contributed by atoms with van der Waals surface area (Å²) in [6.07, 6.45) is 8.00. The molecule has 0 fully saturated rings. The highest BCUT2D eigenvalue weighted by atomic mass is 16.2. The third kappa shape index (κ3) is 4.72. The second-order valence-electron chi connectivity index (χ2n) is 7.82. The number of amides is 2. The van der Waals surface area contributed by atoms with Crippen molar-refractivity contribution < 1.29 is 9.59 Å². The topological polar surface area (TPSA) is 125 Å². The van der Waals surface area contributed by atoms with E-state index in [-0.39, 0.29) is 23.7 Å². The first kappa shape index (κ1) is 20.3. The number of imidazole rings is 1. The number of hydrogen-bond acceptors (Lipinski definition) is 4. The molecular formula is C22H25N5O2. The fourth-order valence-electron chi connectivity index (χ4n) is 3.66. The Balaban J connectivity index is 1.97. The number of aromatic amines is 1. The summed E-state index contributed by atoms with van der Waals surface area (Å²) in [5.74, 6) is 0.0105. The molecule has 2 amide bonds. The molecule has 0 radical (unpaired) electrons. The van der Waals surface area contributed by atoms with E-state index in [1.807, 2.05) is 38.1 Å². The van der Waals surface area contributed by atoms with Gasteiger partial charge < -0.3 is 16.0 Å². The molecule has 4 N–H and O–H groups in total. The Morgan fingerprint density at radius 2 is 2.14 bits per heavy atom. The molecular weight excluding hydrogens is 366 g/mol. The minimum Gasteiger partial charge on any atom is -0.352 e. The number of ketones is 1. The van der Waals surface area contributed by atoms with Gasteiger partial charge in [0.05, 0.1) is 11.7 Å². The summed E-state index contributed by atoms with van der Waals surface area (Å²) in [6.45, 7) is 3.78. The first-order valence-corrected chi connectivity index (χ1v) is 9.69. The minimum atomic E-state index is -0.638. The van der Waals surface area contributed by atoms with Crippen LogP contribution in [0.5, 0.6) is 0 Å². The number of Topliss-reactive ketones (excluding diaryl/α,β-unsaturated/α-hetero) is 1. The first-order valence-electron chi connectivity index (χ1n) is 9.69. The number of H-pyrrole nitrogens is 1. The van der Waals surface area contributed by atoms with Crippen LogP contribution in [0.1, 0.15) is 72.5 Å². The first-order chi connectivity index (χ1) is 13.8. The van der Waals surface area contributed by atoms with Gasteiger partial charge in [0.15, 0.2) is 5.82 Å². The predicted molar refractivity (Wildman–Crippen MR) is 110 cm³/mol. The number of benzene rings is 1. The highest BCUT2D eigenvalue weighted by Crippen LogP contribution is 2.33. The van der Waals surface area contributed by atoms with Gasteiger partial charge in [0.1, 0.15) is 11.8 Å². The van der Waals surface area contributed by atoms with Crippen molar-refractivity contribution in [3.8, 4) is 6.07 Å². The standard InChI is InChI=1S/C22H25N5O2/c1-22(2,27-21(24)29)16-9-8-15(18(11-16)14-6-4-3-5-7-14)10-19(28)20-25-13-17(12-23)26-20/h6,8-9,11,13H,3-5,7,10H2,1-2H3,(H,25,26)(H3,24,27,29). The zero-order chi connectivity index (χ0) is 21.0. The van der Waals surface area contributed by atoms with Crippen molar-refractivity contribution in [2.75, 3.05) is 0 Å². The molecule has 0 saturated heterocycles. The van der Waals surface area contributed by atoms with E-state index in [4.69, 9.17) is 11.0 Å². The molecule has 29 heavy (non-hydrogen) atoms. The Hall–Kier alpha value is -3.40. The molecule has 1 aliphatic rings. The van der Waals surface area contributed by atoms with Crippen LogP contribution in [-0.2, 0) is 12.0 Å². The second kappa shape index (κ2) is 8.31. The zero-order valence-corrected chi connectivity index (χ0v) is 16.7. The van der Waals surface area contributed by atoms with Gasteiger partial charge in [0.2, 0.25) is 5.78 Å². The molecule has 1 aromatic heterocycles. The smallest absolute Gasteiger partial charge is 0.312 e. The molecule has 1 aliphatic carbocycles. The quantitative estimate of drug-likeness (QED) is 0.651. The van der Waals surface area contributed by atoms with Crippen molar-refractivity contribution in [3.63, 3.8) is 0 Å². The number of carbonyl (C=O) groups is 2. The Bertz CT molecular complexity index is 1010. The van der Waals surface area contributed by atoms with Gasteiger partial charge >= 0.3 is 6.03 Å². The molecule has 7 heteroatoms. The number of nitrogens with two attached hydrogens (primary N) is 1. The summed E-state index contributed by atoms with van der Waals surface area (Å²) >= 11 is 0. The highest BCUT2D eigenvalue weighted by molar-refractivity contribution is 5.95. The lowest BCUT2D eigenvalue weighted by molar-refractivity contribution is 0.0984. The van der Waals surface area contributed by atoms with Crippen LogP contribution in [0.2, 0.25) is 0 Å². The minimum absolute atomic E-state index is 0.175. The number of primary amides is 1. The average Bonchev–Trinajstić information content (AvgIpc) is 3.17. The number of urea groups is 1. The summed E-state index contributed by atoms with van der Waals surface area (Å²) in [7, 11) is 0. The molecule has 1 heterocycles. The maximum absolute atomic E-state index is 12.7. The summed E-state index contributed by atoms with van der Waals surface area (Å²) in [6, 6.07) is 7.24. The van der Waals surface area contributed by atoms with Gasteiger partial charge in [-0.25, -0.2) is 9.78 Å². The van der Waals surface area contributed by atoms with Gasteiger partial charge in [-0.05, 0) is 67.9 Å². The molecule has 3 rings (SSSR count). The summed E-state index contributed by atoms with van der Waals surface area (Å²) in [5, 5.41) is 11.7. The lowest BCUT2D eigenvalue weighted by Gasteiger charge is -2.28. The number of nitrogens with zero attached hydrogens (tertiary/aromatic N) is 2. The third-order valence-electron chi connectivity index (χ3n) is 5.22. The molecule has 1 aromatic carbocycles. The second-order valence-corrected chi connectivity index (χ2v) is 7.82. The lowest BCUT2D eigenvalue weighted by atomic mass is 9.84. The number of aromatic nitrogens is 2. The third-order valence-corrected chi connectivity index (χ3v) is 5.22. The monoisotopic (exact) mass is 391 g/mol. The molecule has 0 spiro atoms. The molecule has 0 unspecified atom stereocenters. The van der Waals surface area contributed by atoms with Crippen molar-refractivity contribution in [2.24, 2.45) is 5.73 Å². The molecule has 0 bridgehead atoms. The van der Waals surface area contributed by atoms with E-state index in [1.165, 1.54) is 11.8 Å². The van der Waals surface area contributed by atoms with E-state index >= 15 is 0 Å². The largest absolute Gasteiger partial charge is 0.352 e. The van der Waals surface area contributed by atoms with Gasteiger partial charge in [-0.2, -0.15) is 5.26 Å². The molecule has 2 aromatic rings. The Morgan fingerprint density at radius 3 is 2.76 bits per heavy atom. The molecule has 0 atom stereocenters. The highest BCUT2D eigenvalue weighted by Gasteiger charge is 2.24. The van der Waals surface area contributed by atoms with E-state index in [1.54, 1.807) is 0 Å². The molecule has 7 nitrogen and oxygen atoms in total. The Kier molecular flexibility index (Phi) is 5.83. The number of nitrogens with one attached hydrogen (secondary N) is 2. The van der Waals surface area contributed by atoms with Crippen LogP contribution in [0.25, 0.3) is 5.57 Å². The van der Waals surface area contributed by atoms with Crippen molar-refractivity contribution in [2.45, 2.75) is 51.5 Å². The van der Waals surface area contributed by atoms with Crippen LogP contribution in [0.3, 0.4) is 0 Å². The van der Waals surface area contributed by atoms with E-state index in [9.17, 15) is 9.59 Å². The Morgan fingerprint density at radius 1 is 1.34 bits per heavy atom. The Labute approximate surface area is 170 Å². The molecule has 150 valence electrons. The zero-order valence-electron chi connectivity index (χ0n) is 16.7. The van der Waals surface area contributed by atoms with E-state index in [0.717, 1.165) is 42.4 Å². The number of carbonyl (C=O) groups excluding carboxylic acids is 2. The van der Waals surface area contributed by atoms with Crippen LogP contribution in [-0.4, -0.2) is 21.8 Å².